The Kier molecular flexibility index (Phi) is 8.17. The maximum atomic E-state index is 12.7. The van der Waals surface area contributed by atoms with Gasteiger partial charge < -0.3 is 33.9 Å². The zero-order chi connectivity index (χ0) is 25.5. The van der Waals surface area contributed by atoms with E-state index in [1.165, 1.54) is 0 Å². The van der Waals surface area contributed by atoms with Crippen molar-refractivity contribution in [2.75, 3.05) is 67.4 Å². The van der Waals surface area contributed by atoms with Gasteiger partial charge in [-0.15, -0.1) is 0 Å². The number of hydrogen-bond donors (Lipinski definition) is 1. The van der Waals surface area contributed by atoms with Gasteiger partial charge in [-0.2, -0.15) is 0 Å². The molecule has 192 valence electrons. The number of carbonyl (C=O) groups is 2. The van der Waals surface area contributed by atoms with Crippen LogP contribution in [0.4, 0.5) is 0 Å². The van der Waals surface area contributed by atoms with Gasteiger partial charge >= 0.3 is 0 Å². The van der Waals surface area contributed by atoms with Gasteiger partial charge in [0.15, 0.2) is 23.0 Å². The number of nitrogens with one attached hydrogen (secondary N) is 1. The maximum absolute atomic E-state index is 12.7. The molecule has 2 aromatic rings. The zero-order valence-corrected chi connectivity index (χ0v) is 20.7. The third-order valence-corrected chi connectivity index (χ3v) is 6.14. The second-order valence-corrected chi connectivity index (χ2v) is 8.28. The average molecular weight is 498 g/mol. The van der Waals surface area contributed by atoms with Gasteiger partial charge in [0.1, 0.15) is 0 Å². The predicted molar refractivity (Wildman–Crippen MR) is 133 cm³/mol. The van der Waals surface area contributed by atoms with Crippen molar-refractivity contribution in [1.29, 1.82) is 0 Å². The summed E-state index contributed by atoms with van der Waals surface area (Å²) in [6.07, 6.45) is 3.30. The molecule has 0 unspecified atom stereocenters. The van der Waals surface area contributed by atoms with Crippen molar-refractivity contribution >= 4 is 17.9 Å². The van der Waals surface area contributed by atoms with E-state index in [4.69, 9.17) is 23.7 Å². The summed E-state index contributed by atoms with van der Waals surface area (Å²) in [7, 11) is 4.66. The van der Waals surface area contributed by atoms with Gasteiger partial charge in [0.2, 0.25) is 18.4 Å². The third kappa shape index (κ3) is 5.83. The Balaban J connectivity index is 1.22. The lowest BCUT2D eigenvalue weighted by molar-refractivity contribution is -0.127. The second kappa shape index (κ2) is 11.7. The van der Waals surface area contributed by atoms with Gasteiger partial charge in [0, 0.05) is 50.9 Å². The van der Waals surface area contributed by atoms with E-state index in [0.717, 1.165) is 18.7 Å². The lowest BCUT2D eigenvalue weighted by Crippen LogP contribution is -2.49. The molecule has 0 saturated carbocycles. The van der Waals surface area contributed by atoms with Crippen molar-refractivity contribution in [2.24, 2.45) is 0 Å². The lowest BCUT2D eigenvalue weighted by atomic mass is 10.1. The van der Waals surface area contributed by atoms with Gasteiger partial charge in [-0.1, -0.05) is 0 Å². The van der Waals surface area contributed by atoms with E-state index in [9.17, 15) is 9.59 Å². The molecule has 2 aliphatic rings. The average Bonchev–Trinajstić information content (AvgIpc) is 3.39. The summed E-state index contributed by atoms with van der Waals surface area (Å²) in [6.45, 7) is 4.12. The molecule has 0 aliphatic carbocycles. The number of nitrogens with zero attached hydrogens (tertiary/aromatic N) is 2. The van der Waals surface area contributed by atoms with Crippen LogP contribution < -0.4 is 29.0 Å². The van der Waals surface area contributed by atoms with Crippen LogP contribution >= 0.6 is 0 Å². The summed E-state index contributed by atoms with van der Waals surface area (Å²) in [5.41, 5.74) is 1.31. The molecule has 0 spiro atoms. The van der Waals surface area contributed by atoms with Crippen LogP contribution in [0.5, 0.6) is 28.7 Å². The molecule has 1 N–H and O–H groups in total. The molecular formula is C26H31N3O7. The van der Waals surface area contributed by atoms with E-state index < -0.39 is 0 Å². The number of rotatable bonds is 9. The molecule has 2 heterocycles. The fourth-order valence-corrected chi connectivity index (χ4v) is 4.13. The minimum atomic E-state index is -0.154. The normalized spacial score (nSPS) is 15.1. The van der Waals surface area contributed by atoms with Crippen molar-refractivity contribution in [1.82, 2.24) is 15.1 Å². The highest BCUT2D eigenvalue weighted by Gasteiger charge is 2.20. The summed E-state index contributed by atoms with van der Waals surface area (Å²) in [5.74, 6) is 2.59. The first kappa shape index (κ1) is 25.2. The molecule has 1 saturated heterocycles. The van der Waals surface area contributed by atoms with Gasteiger partial charge in [0.05, 0.1) is 21.3 Å². The molecule has 0 atom stereocenters. The maximum Gasteiger partial charge on any atom is 0.251 e. The van der Waals surface area contributed by atoms with E-state index >= 15 is 0 Å². The molecule has 2 aliphatic heterocycles. The van der Waals surface area contributed by atoms with E-state index in [-0.39, 0.29) is 18.6 Å². The lowest BCUT2D eigenvalue weighted by Gasteiger charge is -2.34. The number of fused-ring (bicyclic) bond motifs is 1. The molecule has 0 aromatic heterocycles. The van der Waals surface area contributed by atoms with E-state index in [0.29, 0.717) is 60.5 Å². The fraction of sp³-hybridized carbons (Fsp3) is 0.385. The van der Waals surface area contributed by atoms with Crippen LogP contribution in [-0.2, 0) is 4.79 Å². The molecule has 36 heavy (non-hydrogen) atoms. The van der Waals surface area contributed by atoms with Crippen LogP contribution in [0, 0.1) is 0 Å². The SMILES string of the molecule is COc1cc(/C=C/C(=O)N2CCN(CCNC(=O)c3ccc4c(c3)OCO4)CC2)cc(OC)c1OC. The summed E-state index contributed by atoms with van der Waals surface area (Å²) in [6, 6.07) is 8.73. The number of amides is 2. The Morgan fingerprint density at radius 2 is 1.64 bits per heavy atom. The Hall–Kier alpha value is -3.92. The molecular weight excluding hydrogens is 466 g/mol. The molecule has 10 nitrogen and oxygen atoms in total. The number of hydrogen-bond acceptors (Lipinski definition) is 8. The van der Waals surface area contributed by atoms with E-state index in [1.54, 1.807) is 63.8 Å². The number of carbonyl (C=O) groups excluding carboxylic acids is 2. The van der Waals surface area contributed by atoms with Crippen LogP contribution in [0.25, 0.3) is 6.08 Å². The van der Waals surface area contributed by atoms with Crippen molar-refractivity contribution in [3.8, 4) is 28.7 Å². The molecule has 10 heteroatoms. The number of methoxy groups -OCH3 is 3. The highest BCUT2D eigenvalue weighted by atomic mass is 16.7. The fourth-order valence-electron chi connectivity index (χ4n) is 4.13. The van der Waals surface area contributed by atoms with Gasteiger partial charge in [-0.3, -0.25) is 14.5 Å². The van der Waals surface area contributed by atoms with Gasteiger partial charge in [0.25, 0.3) is 5.91 Å². The first-order valence-corrected chi connectivity index (χ1v) is 11.7. The Bertz CT molecular complexity index is 1100. The van der Waals surface area contributed by atoms with Crippen molar-refractivity contribution in [3.63, 3.8) is 0 Å². The van der Waals surface area contributed by atoms with Crippen LogP contribution in [0.1, 0.15) is 15.9 Å². The Labute approximate surface area is 210 Å². The zero-order valence-electron chi connectivity index (χ0n) is 20.7. The summed E-state index contributed by atoms with van der Waals surface area (Å²) in [5, 5.41) is 2.94. The molecule has 1 fully saturated rings. The van der Waals surface area contributed by atoms with Crippen LogP contribution in [0.2, 0.25) is 0 Å². The smallest absolute Gasteiger partial charge is 0.251 e. The quantitative estimate of drug-likeness (QED) is 0.526. The van der Waals surface area contributed by atoms with Crippen LogP contribution in [0.15, 0.2) is 36.4 Å². The topological polar surface area (TPSA) is 98.8 Å². The number of piperazine rings is 1. The second-order valence-electron chi connectivity index (χ2n) is 8.28. The molecule has 2 aromatic carbocycles. The standard InChI is InChI=1S/C26H31N3O7/c1-32-22-14-18(15-23(33-2)25(22)34-3)4-7-24(30)29-12-10-28(11-13-29)9-8-27-26(31)19-5-6-20-21(16-19)36-17-35-20/h4-7,14-16H,8-13,17H2,1-3H3,(H,27,31)/b7-4+. The monoisotopic (exact) mass is 497 g/mol. The van der Waals surface area contributed by atoms with Crippen molar-refractivity contribution < 1.29 is 33.3 Å². The summed E-state index contributed by atoms with van der Waals surface area (Å²) in [4.78, 5) is 29.2. The first-order valence-electron chi connectivity index (χ1n) is 11.7. The molecule has 2 amide bonds. The molecule has 0 bridgehead atoms. The van der Waals surface area contributed by atoms with Gasteiger partial charge in [-0.25, -0.2) is 0 Å². The minimum absolute atomic E-state index is 0.0560. The van der Waals surface area contributed by atoms with E-state index in [1.807, 2.05) is 4.90 Å². The molecule has 0 radical (unpaired) electrons. The van der Waals surface area contributed by atoms with Gasteiger partial charge in [-0.05, 0) is 42.0 Å². The number of benzene rings is 2. The van der Waals surface area contributed by atoms with Crippen LogP contribution in [0.3, 0.4) is 0 Å². The predicted octanol–water partition coefficient (Wildman–Crippen LogP) is 2.03. The largest absolute Gasteiger partial charge is 0.493 e. The Morgan fingerprint density at radius 3 is 2.31 bits per heavy atom. The highest BCUT2D eigenvalue weighted by molar-refractivity contribution is 5.95. The minimum Gasteiger partial charge on any atom is -0.493 e. The third-order valence-electron chi connectivity index (χ3n) is 6.14. The van der Waals surface area contributed by atoms with E-state index in [2.05, 4.69) is 10.2 Å². The molecule has 4 rings (SSSR count). The first-order chi connectivity index (χ1) is 17.5. The summed E-state index contributed by atoms with van der Waals surface area (Å²) >= 11 is 0. The highest BCUT2D eigenvalue weighted by Crippen LogP contribution is 2.38. The summed E-state index contributed by atoms with van der Waals surface area (Å²) < 4.78 is 26.7. The van der Waals surface area contributed by atoms with Crippen molar-refractivity contribution in [2.45, 2.75) is 0 Å². The Morgan fingerprint density at radius 1 is 0.944 bits per heavy atom. The van der Waals surface area contributed by atoms with Crippen LogP contribution in [-0.4, -0.2) is 89.0 Å². The van der Waals surface area contributed by atoms with Crippen molar-refractivity contribution in [3.05, 3.63) is 47.5 Å². The number of ether oxygens (including phenoxy) is 5.